The van der Waals surface area contributed by atoms with Crippen molar-refractivity contribution >= 4 is 28.9 Å². The Kier molecular flexibility index (Phi) is 5.00. The number of aromatic nitrogens is 3. The van der Waals surface area contributed by atoms with E-state index in [1.165, 1.54) is 6.33 Å². The highest BCUT2D eigenvalue weighted by molar-refractivity contribution is 6.34. The Morgan fingerprint density at radius 3 is 2.60 bits per heavy atom. The van der Waals surface area contributed by atoms with Crippen molar-refractivity contribution in [2.75, 3.05) is 24.3 Å². The van der Waals surface area contributed by atoms with E-state index in [0.717, 1.165) is 11.3 Å². The van der Waals surface area contributed by atoms with Gasteiger partial charge in [-0.05, 0) is 29.8 Å². The van der Waals surface area contributed by atoms with Crippen molar-refractivity contribution in [3.05, 3.63) is 71.3 Å². The highest BCUT2D eigenvalue weighted by Gasteiger charge is 2.13. The number of rotatable bonds is 5. The van der Waals surface area contributed by atoms with Gasteiger partial charge in [-0.3, -0.25) is 4.79 Å². The molecule has 1 aromatic heterocycles. The molecule has 1 N–H and O–H groups in total. The van der Waals surface area contributed by atoms with Crippen LogP contribution >= 0.6 is 11.6 Å². The molecule has 7 heteroatoms. The lowest BCUT2D eigenvalue weighted by atomic mass is 10.1. The van der Waals surface area contributed by atoms with E-state index >= 15 is 0 Å². The van der Waals surface area contributed by atoms with E-state index in [4.69, 9.17) is 11.6 Å². The fourth-order valence-corrected chi connectivity index (χ4v) is 2.87. The number of para-hydroxylation sites is 1. The number of carbonyl (C=O) groups is 1. The molecule has 25 heavy (non-hydrogen) atoms. The Labute approximate surface area is 151 Å². The summed E-state index contributed by atoms with van der Waals surface area (Å²) in [6.45, 7) is 0.612. The zero-order valence-electron chi connectivity index (χ0n) is 14.0. The third-order valence-electron chi connectivity index (χ3n) is 3.71. The molecule has 0 aliphatic rings. The van der Waals surface area contributed by atoms with Crippen LogP contribution in [0, 0.1) is 0 Å². The van der Waals surface area contributed by atoms with E-state index in [-0.39, 0.29) is 5.91 Å². The van der Waals surface area contributed by atoms with E-state index in [9.17, 15) is 4.79 Å². The third kappa shape index (κ3) is 3.97. The molecule has 0 aliphatic carbocycles. The van der Waals surface area contributed by atoms with E-state index in [0.29, 0.717) is 22.8 Å². The van der Waals surface area contributed by atoms with Crippen LogP contribution in [0.1, 0.15) is 15.9 Å². The number of nitrogens with zero attached hydrogens (tertiary/aromatic N) is 4. The Morgan fingerprint density at radius 1 is 1.20 bits per heavy atom. The number of hydrogen-bond acceptors (Lipinski definition) is 4. The number of carbonyl (C=O) groups excluding carboxylic acids is 1. The molecule has 0 aliphatic heterocycles. The normalized spacial score (nSPS) is 10.5. The van der Waals surface area contributed by atoms with E-state index in [1.54, 1.807) is 29.2 Å². The second kappa shape index (κ2) is 7.36. The Morgan fingerprint density at radius 2 is 1.96 bits per heavy atom. The summed E-state index contributed by atoms with van der Waals surface area (Å²) in [5.74, 6) is -0.183. The van der Waals surface area contributed by atoms with Crippen LogP contribution in [0.5, 0.6) is 0 Å². The quantitative estimate of drug-likeness (QED) is 0.762. The molecule has 0 radical (unpaired) electrons. The van der Waals surface area contributed by atoms with Crippen molar-refractivity contribution in [2.24, 2.45) is 0 Å². The third-order valence-corrected chi connectivity index (χ3v) is 4.01. The predicted octanol–water partition coefficient (Wildman–Crippen LogP) is 3.30. The molecular weight excluding hydrogens is 338 g/mol. The monoisotopic (exact) mass is 355 g/mol. The van der Waals surface area contributed by atoms with Crippen LogP contribution in [0.3, 0.4) is 0 Å². The van der Waals surface area contributed by atoms with Gasteiger partial charge in [-0.25, -0.2) is 9.67 Å². The minimum Gasteiger partial charge on any atom is -0.375 e. The lowest BCUT2D eigenvalue weighted by Gasteiger charge is -2.19. The molecular formula is C18H18ClN5O. The van der Waals surface area contributed by atoms with E-state index in [2.05, 4.69) is 15.4 Å². The minimum atomic E-state index is -0.183. The lowest BCUT2D eigenvalue weighted by molar-refractivity contribution is 0.102. The summed E-state index contributed by atoms with van der Waals surface area (Å²) in [6, 6.07) is 12.8. The van der Waals surface area contributed by atoms with Crippen molar-refractivity contribution in [1.82, 2.24) is 14.8 Å². The van der Waals surface area contributed by atoms with Gasteiger partial charge in [-0.15, -0.1) is 0 Å². The highest BCUT2D eigenvalue weighted by Crippen LogP contribution is 2.32. The SMILES string of the molecule is CN(C)c1c(Cl)cccc1NC(=O)c1ccc(Cn2cncn2)cc1. The summed E-state index contributed by atoms with van der Waals surface area (Å²) in [4.78, 5) is 18.3. The number of anilines is 2. The van der Waals surface area contributed by atoms with Gasteiger partial charge < -0.3 is 10.2 Å². The first kappa shape index (κ1) is 17.0. The molecule has 0 saturated heterocycles. The Balaban J connectivity index is 1.75. The van der Waals surface area contributed by atoms with Gasteiger partial charge in [0.05, 0.1) is 22.9 Å². The molecule has 3 aromatic rings. The summed E-state index contributed by atoms with van der Waals surface area (Å²) >= 11 is 6.24. The smallest absolute Gasteiger partial charge is 0.255 e. The number of nitrogens with one attached hydrogen (secondary N) is 1. The second-order valence-electron chi connectivity index (χ2n) is 5.77. The first-order valence-electron chi connectivity index (χ1n) is 7.73. The number of halogens is 1. The molecule has 0 saturated carbocycles. The molecule has 1 amide bonds. The number of hydrogen-bond donors (Lipinski definition) is 1. The fraction of sp³-hybridized carbons (Fsp3) is 0.167. The summed E-state index contributed by atoms with van der Waals surface area (Å²) < 4.78 is 1.73. The van der Waals surface area contributed by atoms with Crippen LogP contribution in [0.15, 0.2) is 55.1 Å². The molecule has 6 nitrogen and oxygen atoms in total. The molecule has 128 valence electrons. The average molecular weight is 356 g/mol. The molecule has 0 unspecified atom stereocenters. The summed E-state index contributed by atoms with van der Waals surface area (Å²) in [6.07, 6.45) is 3.15. The summed E-state index contributed by atoms with van der Waals surface area (Å²) in [7, 11) is 3.77. The number of amides is 1. The van der Waals surface area contributed by atoms with Gasteiger partial charge in [0, 0.05) is 19.7 Å². The van der Waals surface area contributed by atoms with Crippen molar-refractivity contribution in [3.63, 3.8) is 0 Å². The van der Waals surface area contributed by atoms with Crippen molar-refractivity contribution in [2.45, 2.75) is 6.54 Å². The van der Waals surface area contributed by atoms with Crippen molar-refractivity contribution < 1.29 is 4.79 Å². The van der Waals surface area contributed by atoms with Crippen LogP contribution in [-0.2, 0) is 6.54 Å². The fourth-order valence-electron chi connectivity index (χ4n) is 2.53. The maximum absolute atomic E-state index is 12.5. The molecule has 2 aromatic carbocycles. The van der Waals surface area contributed by atoms with Gasteiger partial charge in [-0.1, -0.05) is 29.8 Å². The highest BCUT2D eigenvalue weighted by atomic mass is 35.5. The van der Waals surface area contributed by atoms with Crippen molar-refractivity contribution in [1.29, 1.82) is 0 Å². The van der Waals surface area contributed by atoms with Crippen LogP contribution < -0.4 is 10.2 Å². The summed E-state index contributed by atoms with van der Waals surface area (Å²) in [5, 5.41) is 7.58. The average Bonchev–Trinajstić information content (AvgIpc) is 3.08. The van der Waals surface area contributed by atoms with Crippen LogP contribution in [0.2, 0.25) is 5.02 Å². The molecule has 1 heterocycles. The maximum atomic E-state index is 12.5. The van der Waals surface area contributed by atoms with E-state index in [1.807, 2.05) is 43.3 Å². The molecule has 3 rings (SSSR count). The second-order valence-corrected chi connectivity index (χ2v) is 6.18. The zero-order chi connectivity index (χ0) is 17.8. The topological polar surface area (TPSA) is 63.1 Å². The number of benzene rings is 2. The Bertz CT molecular complexity index is 860. The van der Waals surface area contributed by atoms with Crippen LogP contribution in [-0.4, -0.2) is 34.8 Å². The first-order valence-corrected chi connectivity index (χ1v) is 8.11. The molecule has 0 spiro atoms. The molecule has 0 fully saturated rings. The van der Waals surface area contributed by atoms with Gasteiger partial charge in [0.1, 0.15) is 12.7 Å². The van der Waals surface area contributed by atoms with Crippen molar-refractivity contribution in [3.8, 4) is 0 Å². The summed E-state index contributed by atoms with van der Waals surface area (Å²) in [5.41, 5.74) is 3.07. The standard InChI is InChI=1S/C18H18ClN5O/c1-23(2)17-15(19)4-3-5-16(17)22-18(25)14-8-6-13(7-9-14)10-24-12-20-11-21-24/h3-9,11-12H,10H2,1-2H3,(H,22,25). The first-order chi connectivity index (χ1) is 12.0. The van der Waals surface area contributed by atoms with Gasteiger partial charge in [0.15, 0.2) is 0 Å². The lowest BCUT2D eigenvalue weighted by Crippen LogP contribution is -2.17. The predicted molar refractivity (Wildman–Crippen MR) is 99.3 cm³/mol. The van der Waals surface area contributed by atoms with Gasteiger partial charge in [-0.2, -0.15) is 5.10 Å². The van der Waals surface area contributed by atoms with Crippen LogP contribution in [0.4, 0.5) is 11.4 Å². The minimum absolute atomic E-state index is 0.183. The van der Waals surface area contributed by atoms with Gasteiger partial charge in [0.25, 0.3) is 5.91 Å². The van der Waals surface area contributed by atoms with Gasteiger partial charge in [0.2, 0.25) is 0 Å². The zero-order valence-corrected chi connectivity index (χ0v) is 14.7. The largest absolute Gasteiger partial charge is 0.375 e. The molecule has 0 bridgehead atoms. The Hall–Kier alpha value is -2.86. The van der Waals surface area contributed by atoms with Gasteiger partial charge >= 0.3 is 0 Å². The van der Waals surface area contributed by atoms with Crippen LogP contribution in [0.25, 0.3) is 0 Å². The maximum Gasteiger partial charge on any atom is 0.255 e. The van der Waals surface area contributed by atoms with E-state index < -0.39 is 0 Å². The molecule has 0 atom stereocenters.